The van der Waals surface area contributed by atoms with Crippen molar-refractivity contribution in [2.45, 2.75) is 12.8 Å². The lowest BCUT2D eigenvalue weighted by molar-refractivity contribution is 0.766. The van der Waals surface area contributed by atoms with E-state index in [-0.39, 0.29) is 0 Å². The van der Waals surface area contributed by atoms with Crippen LogP contribution in [0.5, 0.6) is 0 Å². The van der Waals surface area contributed by atoms with Crippen LogP contribution in [0.3, 0.4) is 0 Å². The smallest absolute Gasteiger partial charge is 0.104 e. The van der Waals surface area contributed by atoms with Gasteiger partial charge in [0.05, 0.1) is 5.69 Å². The van der Waals surface area contributed by atoms with E-state index in [4.69, 9.17) is 18.0 Å². The molecule has 0 bridgehead atoms. The Morgan fingerprint density at radius 1 is 1.15 bits per heavy atom. The minimum atomic E-state index is 0.427. The molecule has 0 unspecified atom stereocenters. The first-order chi connectivity index (χ1) is 9.66. The van der Waals surface area contributed by atoms with Crippen LogP contribution in [0.4, 0.5) is 11.4 Å². The van der Waals surface area contributed by atoms with Gasteiger partial charge >= 0.3 is 0 Å². The van der Waals surface area contributed by atoms with Crippen molar-refractivity contribution in [2.24, 2.45) is 5.73 Å². The van der Waals surface area contributed by atoms with Crippen molar-refractivity contribution in [3.63, 3.8) is 0 Å². The number of fused-ring (bicyclic) bond motifs is 1. The molecule has 2 aromatic carbocycles. The highest BCUT2D eigenvalue weighted by Crippen LogP contribution is 2.37. The SMILES string of the molecule is NC(=S)c1ccc(N2CCCc3ccccc32)c(Br)c1. The quantitative estimate of drug-likeness (QED) is 0.827. The molecule has 0 amide bonds. The lowest BCUT2D eigenvalue weighted by atomic mass is 10.0. The van der Waals surface area contributed by atoms with E-state index in [1.165, 1.54) is 17.7 Å². The highest BCUT2D eigenvalue weighted by molar-refractivity contribution is 9.10. The van der Waals surface area contributed by atoms with Crippen molar-refractivity contribution in [3.8, 4) is 0 Å². The molecule has 2 nitrogen and oxygen atoms in total. The fourth-order valence-electron chi connectivity index (χ4n) is 2.66. The number of anilines is 2. The second kappa shape index (κ2) is 5.54. The standard InChI is InChI=1S/C16H15BrN2S/c17-13-10-12(16(18)20)7-8-15(13)19-9-3-5-11-4-1-2-6-14(11)19/h1-2,4,6-8,10H,3,5,9H2,(H2,18,20). The monoisotopic (exact) mass is 346 g/mol. The lowest BCUT2D eigenvalue weighted by Crippen LogP contribution is -2.24. The van der Waals surface area contributed by atoms with Gasteiger partial charge in [0.25, 0.3) is 0 Å². The second-order valence-corrected chi connectivity index (χ2v) is 6.21. The molecule has 0 spiro atoms. The Labute approximate surface area is 132 Å². The molecule has 102 valence electrons. The molecule has 0 aromatic heterocycles. The molecule has 1 heterocycles. The van der Waals surface area contributed by atoms with Crippen LogP contribution in [0, 0.1) is 0 Å². The molecule has 2 aromatic rings. The number of hydrogen-bond donors (Lipinski definition) is 1. The van der Waals surface area contributed by atoms with E-state index in [1.54, 1.807) is 0 Å². The van der Waals surface area contributed by atoms with E-state index < -0.39 is 0 Å². The molecule has 1 aliphatic rings. The van der Waals surface area contributed by atoms with Crippen LogP contribution in [0.1, 0.15) is 17.5 Å². The van der Waals surface area contributed by atoms with Crippen molar-refractivity contribution in [3.05, 3.63) is 58.1 Å². The van der Waals surface area contributed by atoms with Crippen molar-refractivity contribution >= 4 is 44.5 Å². The maximum atomic E-state index is 5.68. The van der Waals surface area contributed by atoms with Gasteiger partial charge in [0.2, 0.25) is 0 Å². The molecule has 20 heavy (non-hydrogen) atoms. The van der Waals surface area contributed by atoms with Gasteiger partial charge in [0, 0.05) is 22.3 Å². The Bertz CT molecular complexity index is 669. The van der Waals surface area contributed by atoms with E-state index in [0.717, 1.165) is 28.7 Å². The van der Waals surface area contributed by atoms with Gasteiger partial charge in [-0.15, -0.1) is 0 Å². The van der Waals surface area contributed by atoms with E-state index in [0.29, 0.717) is 4.99 Å². The number of nitrogens with two attached hydrogens (primary N) is 1. The van der Waals surface area contributed by atoms with Crippen LogP contribution in [0.25, 0.3) is 0 Å². The number of hydrogen-bond acceptors (Lipinski definition) is 2. The van der Waals surface area contributed by atoms with Gasteiger partial charge in [-0.2, -0.15) is 0 Å². The van der Waals surface area contributed by atoms with Gasteiger partial charge in [0.15, 0.2) is 0 Å². The molecular formula is C16H15BrN2S. The van der Waals surface area contributed by atoms with E-state index >= 15 is 0 Å². The third kappa shape index (κ3) is 2.45. The van der Waals surface area contributed by atoms with E-state index in [9.17, 15) is 0 Å². The highest BCUT2D eigenvalue weighted by atomic mass is 79.9. The molecule has 0 saturated heterocycles. The summed E-state index contributed by atoms with van der Waals surface area (Å²) in [6, 6.07) is 14.7. The topological polar surface area (TPSA) is 29.3 Å². The van der Waals surface area contributed by atoms with Crippen LogP contribution in [-0.2, 0) is 6.42 Å². The summed E-state index contributed by atoms with van der Waals surface area (Å²) in [6.07, 6.45) is 2.32. The van der Waals surface area contributed by atoms with Crippen LogP contribution in [0.15, 0.2) is 46.9 Å². The Kier molecular flexibility index (Phi) is 3.76. The number of aryl methyl sites for hydroxylation is 1. The highest BCUT2D eigenvalue weighted by Gasteiger charge is 2.19. The van der Waals surface area contributed by atoms with Crippen molar-refractivity contribution in [2.75, 3.05) is 11.4 Å². The van der Waals surface area contributed by atoms with Crippen LogP contribution in [-0.4, -0.2) is 11.5 Å². The van der Waals surface area contributed by atoms with Gasteiger partial charge in [-0.1, -0.05) is 30.4 Å². The number of para-hydroxylation sites is 1. The zero-order valence-electron chi connectivity index (χ0n) is 11.0. The predicted molar refractivity (Wildman–Crippen MR) is 91.8 cm³/mol. The summed E-state index contributed by atoms with van der Waals surface area (Å²) in [5, 5.41) is 0. The molecule has 0 aliphatic carbocycles. The van der Waals surface area contributed by atoms with Crippen molar-refractivity contribution in [1.29, 1.82) is 0 Å². The maximum Gasteiger partial charge on any atom is 0.104 e. The second-order valence-electron chi connectivity index (χ2n) is 4.91. The first-order valence-electron chi connectivity index (χ1n) is 6.61. The maximum absolute atomic E-state index is 5.68. The third-order valence-electron chi connectivity index (χ3n) is 3.63. The minimum absolute atomic E-state index is 0.427. The first-order valence-corrected chi connectivity index (χ1v) is 7.82. The summed E-state index contributed by atoms with van der Waals surface area (Å²) >= 11 is 8.67. The summed E-state index contributed by atoms with van der Waals surface area (Å²) in [4.78, 5) is 2.78. The Morgan fingerprint density at radius 2 is 1.95 bits per heavy atom. The summed E-state index contributed by atoms with van der Waals surface area (Å²) in [7, 11) is 0. The molecule has 1 aliphatic heterocycles. The van der Waals surface area contributed by atoms with Gasteiger partial charge in [-0.25, -0.2) is 0 Å². The van der Waals surface area contributed by atoms with E-state index in [1.807, 2.05) is 12.1 Å². The summed E-state index contributed by atoms with van der Waals surface area (Å²) < 4.78 is 1.03. The Hall–Kier alpha value is -1.39. The molecule has 2 N–H and O–H groups in total. The molecule has 3 rings (SSSR count). The normalized spacial score (nSPS) is 13.9. The zero-order chi connectivity index (χ0) is 14.1. The third-order valence-corrected chi connectivity index (χ3v) is 4.50. The molecule has 0 saturated carbocycles. The van der Waals surface area contributed by atoms with Gasteiger partial charge in [0.1, 0.15) is 4.99 Å². The average molecular weight is 347 g/mol. The number of benzene rings is 2. The summed E-state index contributed by atoms with van der Waals surface area (Å²) in [5.74, 6) is 0. The number of halogens is 1. The average Bonchev–Trinajstić information content (AvgIpc) is 2.46. The summed E-state index contributed by atoms with van der Waals surface area (Å²) in [5.41, 5.74) is 10.4. The predicted octanol–water partition coefficient (Wildman–Crippen LogP) is 4.17. The fraction of sp³-hybridized carbons (Fsp3) is 0.188. The van der Waals surface area contributed by atoms with Crippen molar-refractivity contribution < 1.29 is 0 Å². The lowest BCUT2D eigenvalue weighted by Gasteiger charge is -2.32. The Balaban J connectivity index is 2.04. The number of nitrogens with zero attached hydrogens (tertiary/aromatic N) is 1. The molecule has 0 fully saturated rings. The van der Waals surface area contributed by atoms with Crippen LogP contribution < -0.4 is 10.6 Å². The van der Waals surface area contributed by atoms with E-state index in [2.05, 4.69) is 51.2 Å². The minimum Gasteiger partial charge on any atom is -0.389 e. The zero-order valence-corrected chi connectivity index (χ0v) is 13.4. The van der Waals surface area contributed by atoms with Crippen LogP contribution in [0.2, 0.25) is 0 Å². The summed E-state index contributed by atoms with van der Waals surface area (Å²) in [6.45, 7) is 1.03. The Morgan fingerprint density at radius 3 is 2.70 bits per heavy atom. The van der Waals surface area contributed by atoms with Gasteiger partial charge < -0.3 is 10.6 Å². The molecular weight excluding hydrogens is 332 g/mol. The number of thiocarbonyl (C=S) groups is 1. The molecule has 4 heteroatoms. The largest absolute Gasteiger partial charge is 0.389 e. The molecule has 0 atom stereocenters. The van der Waals surface area contributed by atoms with Crippen LogP contribution >= 0.6 is 28.1 Å². The fourth-order valence-corrected chi connectivity index (χ4v) is 3.38. The molecule has 0 radical (unpaired) electrons. The van der Waals surface area contributed by atoms with Gasteiger partial charge in [-0.05, 0) is 58.6 Å². The first kappa shape index (κ1) is 13.6. The number of rotatable bonds is 2. The van der Waals surface area contributed by atoms with Crippen molar-refractivity contribution in [1.82, 2.24) is 0 Å². The van der Waals surface area contributed by atoms with Gasteiger partial charge in [-0.3, -0.25) is 0 Å².